The van der Waals surface area contributed by atoms with E-state index in [4.69, 9.17) is 18.9 Å². The molecule has 32 heavy (non-hydrogen) atoms. The third-order valence-corrected chi connectivity index (χ3v) is 10.1. The molecule has 1 aromatic rings. The number of cyclic esters (lactones) is 1. The van der Waals surface area contributed by atoms with Crippen LogP contribution in [-0.2, 0) is 23.7 Å². The molecule has 0 aromatic heterocycles. The van der Waals surface area contributed by atoms with Crippen LogP contribution in [0.4, 0.5) is 0 Å². The van der Waals surface area contributed by atoms with E-state index >= 15 is 0 Å². The molecule has 3 saturated heterocycles. The van der Waals surface area contributed by atoms with Crippen LogP contribution in [0.2, 0.25) is 0 Å². The van der Waals surface area contributed by atoms with Crippen molar-refractivity contribution in [3.63, 3.8) is 0 Å². The highest BCUT2D eigenvalue weighted by Gasteiger charge is 2.70. The summed E-state index contributed by atoms with van der Waals surface area (Å²) >= 11 is 0. The average Bonchev–Trinajstić information content (AvgIpc) is 3.35. The molecule has 5 fully saturated rings. The summed E-state index contributed by atoms with van der Waals surface area (Å²) in [5.74, 6) is 0.834. The summed E-state index contributed by atoms with van der Waals surface area (Å²) in [6.07, 6.45) is 6.72. The van der Waals surface area contributed by atoms with Gasteiger partial charge in [-0.15, -0.1) is 0 Å². The zero-order valence-electron chi connectivity index (χ0n) is 19.6. The predicted molar refractivity (Wildman–Crippen MR) is 119 cm³/mol. The number of rotatable bonds is 1. The molecule has 5 aliphatic rings. The Labute approximate surface area is 191 Å². The van der Waals surface area contributed by atoms with Crippen molar-refractivity contribution in [1.82, 2.24) is 0 Å². The van der Waals surface area contributed by atoms with Gasteiger partial charge in [0.2, 0.25) is 0 Å². The lowest BCUT2D eigenvalue weighted by Gasteiger charge is -2.66. The van der Waals surface area contributed by atoms with Gasteiger partial charge < -0.3 is 18.9 Å². The summed E-state index contributed by atoms with van der Waals surface area (Å²) in [5.41, 5.74) is 0.493. The van der Waals surface area contributed by atoms with Crippen LogP contribution in [0, 0.1) is 22.7 Å². The Morgan fingerprint density at radius 3 is 2.53 bits per heavy atom. The molecule has 3 aliphatic heterocycles. The zero-order valence-corrected chi connectivity index (χ0v) is 19.6. The molecule has 2 saturated carbocycles. The number of carbonyl (C=O) groups excluding carboxylic acids is 1. The van der Waals surface area contributed by atoms with Gasteiger partial charge in [-0.2, -0.15) is 0 Å². The minimum atomic E-state index is -0.411. The van der Waals surface area contributed by atoms with Crippen molar-refractivity contribution < 1.29 is 23.7 Å². The van der Waals surface area contributed by atoms with Gasteiger partial charge in [-0.05, 0) is 50.4 Å². The fourth-order valence-corrected chi connectivity index (χ4v) is 8.35. The van der Waals surface area contributed by atoms with E-state index in [1.807, 2.05) is 18.2 Å². The highest BCUT2D eigenvalue weighted by atomic mass is 16.7. The Balaban J connectivity index is 1.30. The molecular weight excluding hydrogens is 404 g/mol. The number of fused-ring (bicyclic) bond motifs is 4. The van der Waals surface area contributed by atoms with E-state index in [1.54, 1.807) is 0 Å². The largest absolute Gasteiger partial charge is 0.463 e. The van der Waals surface area contributed by atoms with Gasteiger partial charge in [0.05, 0.1) is 24.7 Å². The molecule has 5 heteroatoms. The van der Waals surface area contributed by atoms with Gasteiger partial charge in [0.1, 0.15) is 12.2 Å². The lowest BCUT2D eigenvalue weighted by Crippen LogP contribution is -2.67. The van der Waals surface area contributed by atoms with Gasteiger partial charge in [0.15, 0.2) is 6.29 Å². The molecule has 6 rings (SSSR count). The van der Waals surface area contributed by atoms with Crippen molar-refractivity contribution in [3.8, 4) is 0 Å². The van der Waals surface area contributed by atoms with Crippen LogP contribution < -0.4 is 0 Å². The van der Waals surface area contributed by atoms with Gasteiger partial charge in [-0.3, -0.25) is 4.79 Å². The van der Waals surface area contributed by atoms with E-state index in [0.29, 0.717) is 31.5 Å². The molecule has 2 spiro atoms. The van der Waals surface area contributed by atoms with E-state index in [0.717, 1.165) is 37.7 Å². The monoisotopic (exact) mass is 440 g/mol. The highest BCUT2D eigenvalue weighted by molar-refractivity contribution is 5.73. The van der Waals surface area contributed by atoms with Crippen molar-refractivity contribution in [2.45, 2.75) is 89.3 Å². The SMILES string of the molecule is C[C@@H]1CCC2[C@]3(C)COC(c4ccccc4)O[C@H]3CC[C@]2(C)[C@@]12CC[C@]1(COC(=O)C1)O2. The highest BCUT2D eigenvalue weighted by Crippen LogP contribution is 2.69. The van der Waals surface area contributed by atoms with Crippen molar-refractivity contribution in [3.05, 3.63) is 35.9 Å². The van der Waals surface area contributed by atoms with Crippen LogP contribution in [0.1, 0.15) is 77.6 Å². The molecular formula is C27H36O5. The van der Waals surface area contributed by atoms with E-state index in [-0.39, 0.29) is 34.8 Å². The van der Waals surface area contributed by atoms with E-state index in [1.165, 1.54) is 6.42 Å². The second kappa shape index (κ2) is 7.04. The Kier molecular flexibility index (Phi) is 4.65. The Bertz CT molecular complexity index is 903. The summed E-state index contributed by atoms with van der Waals surface area (Å²) in [7, 11) is 0. The van der Waals surface area contributed by atoms with Gasteiger partial charge in [0, 0.05) is 16.4 Å². The molecule has 2 unspecified atom stereocenters. The van der Waals surface area contributed by atoms with Gasteiger partial charge in [-0.1, -0.05) is 51.1 Å². The maximum absolute atomic E-state index is 12.0. The van der Waals surface area contributed by atoms with Crippen molar-refractivity contribution in [2.75, 3.05) is 13.2 Å². The standard InChI is InChI=1S/C27H36O5/c1-18-9-10-20-24(2)16-30-23(19-7-5-4-6-8-19)31-21(24)11-12-25(20,3)27(18)14-13-26(32-27)15-22(28)29-17-26/h4-8,18,20-21,23H,9-17H2,1-3H3/t18-,20?,21+,23?,24+,25+,26+,27-/m1/s1. The number of hydrogen-bond acceptors (Lipinski definition) is 5. The predicted octanol–water partition coefficient (Wildman–Crippen LogP) is 5.19. The summed E-state index contributed by atoms with van der Waals surface area (Å²) in [4.78, 5) is 12.0. The van der Waals surface area contributed by atoms with E-state index < -0.39 is 5.60 Å². The van der Waals surface area contributed by atoms with E-state index in [9.17, 15) is 4.79 Å². The smallest absolute Gasteiger partial charge is 0.308 e. The molecule has 0 N–H and O–H groups in total. The fourth-order valence-electron chi connectivity index (χ4n) is 8.35. The second-order valence-electron chi connectivity index (χ2n) is 11.7. The number of hydrogen-bond donors (Lipinski definition) is 0. The van der Waals surface area contributed by atoms with Crippen molar-refractivity contribution in [1.29, 1.82) is 0 Å². The molecule has 5 nitrogen and oxygen atoms in total. The van der Waals surface area contributed by atoms with Crippen LogP contribution in [-0.4, -0.2) is 36.5 Å². The minimum absolute atomic E-state index is 0.0352. The number of benzene rings is 1. The van der Waals surface area contributed by atoms with E-state index in [2.05, 4.69) is 32.9 Å². The Morgan fingerprint density at radius 2 is 1.78 bits per heavy atom. The molecule has 0 radical (unpaired) electrons. The lowest BCUT2D eigenvalue weighted by atomic mass is 9.43. The summed E-state index contributed by atoms with van der Waals surface area (Å²) in [6, 6.07) is 10.3. The topological polar surface area (TPSA) is 54.0 Å². The molecule has 174 valence electrons. The minimum Gasteiger partial charge on any atom is -0.463 e. The normalized spacial score (nSPS) is 50.3. The Morgan fingerprint density at radius 1 is 0.969 bits per heavy atom. The first-order valence-corrected chi connectivity index (χ1v) is 12.5. The first-order chi connectivity index (χ1) is 15.3. The van der Waals surface area contributed by atoms with Crippen LogP contribution in [0.25, 0.3) is 0 Å². The number of ether oxygens (including phenoxy) is 4. The van der Waals surface area contributed by atoms with Gasteiger partial charge in [-0.25, -0.2) is 0 Å². The quantitative estimate of drug-likeness (QED) is 0.563. The summed E-state index contributed by atoms with van der Waals surface area (Å²) < 4.78 is 25.5. The van der Waals surface area contributed by atoms with Crippen LogP contribution >= 0.6 is 0 Å². The maximum atomic E-state index is 12.0. The lowest BCUT2D eigenvalue weighted by molar-refractivity contribution is -0.331. The summed E-state index contributed by atoms with van der Waals surface area (Å²) in [5, 5.41) is 0. The molecule has 2 aliphatic carbocycles. The Hall–Kier alpha value is -1.43. The molecule has 3 heterocycles. The maximum Gasteiger partial charge on any atom is 0.308 e. The average molecular weight is 441 g/mol. The first kappa shape index (κ1) is 21.1. The number of carbonyl (C=O) groups is 1. The molecule has 8 atom stereocenters. The second-order valence-corrected chi connectivity index (χ2v) is 11.7. The van der Waals surface area contributed by atoms with Crippen LogP contribution in [0.5, 0.6) is 0 Å². The van der Waals surface area contributed by atoms with Crippen molar-refractivity contribution in [2.24, 2.45) is 22.7 Å². The van der Waals surface area contributed by atoms with Crippen LogP contribution in [0.3, 0.4) is 0 Å². The third kappa shape index (κ3) is 2.77. The van der Waals surface area contributed by atoms with Crippen molar-refractivity contribution >= 4 is 5.97 Å². The zero-order chi connectivity index (χ0) is 22.2. The van der Waals surface area contributed by atoms with Gasteiger partial charge in [0.25, 0.3) is 0 Å². The van der Waals surface area contributed by atoms with Gasteiger partial charge >= 0.3 is 5.97 Å². The molecule has 1 aromatic carbocycles. The molecule has 0 bridgehead atoms. The third-order valence-electron chi connectivity index (χ3n) is 10.1. The summed E-state index contributed by atoms with van der Waals surface area (Å²) in [6.45, 7) is 8.36. The first-order valence-electron chi connectivity index (χ1n) is 12.5. The molecule has 0 amide bonds. The fraction of sp³-hybridized carbons (Fsp3) is 0.741. The van der Waals surface area contributed by atoms with Crippen LogP contribution in [0.15, 0.2) is 30.3 Å². The number of esters is 1.